The summed E-state index contributed by atoms with van der Waals surface area (Å²) >= 11 is 0. The molecule has 0 spiro atoms. The van der Waals surface area contributed by atoms with Gasteiger partial charge in [0.1, 0.15) is 12.9 Å². The van der Waals surface area contributed by atoms with Gasteiger partial charge in [0.15, 0.2) is 0 Å². The molecule has 1 aromatic rings. The highest BCUT2D eigenvalue weighted by atomic mass is 28.3. The van der Waals surface area contributed by atoms with Crippen molar-refractivity contribution < 1.29 is 14.8 Å². The van der Waals surface area contributed by atoms with E-state index in [1.807, 2.05) is 0 Å². The fraction of sp³-hybridized carbons (Fsp3) is 0.667. The van der Waals surface area contributed by atoms with Crippen molar-refractivity contribution >= 4 is 13.8 Å². The number of aromatic nitrogens is 2. The van der Waals surface area contributed by atoms with Crippen LogP contribution in [0.4, 0.5) is 5.69 Å². The molecule has 1 N–H and O–H groups in total. The third-order valence-corrected chi connectivity index (χ3v) is 3.84. The Bertz CT molecular complexity index is 399. The van der Waals surface area contributed by atoms with Crippen molar-refractivity contribution in [1.29, 1.82) is 0 Å². The van der Waals surface area contributed by atoms with Gasteiger partial charge >= 0.3 is 11.6 Å². The second-order valence-electron chi connectivity index (χ2n) is 4.98. The first-order valence-corrected chi connectivity index (χ1v) is 8.99. The maximum atomic E-state index is 10.5. The molecule has 0 aliphatic heterocycles. The minimum atomic E-state index is -1.13. The zero-order chi connectivity index (χ0) is 13.1. The van der Waals surface area contributed by atoms with Crippen LogP contribution >= 0.6 is 0 Å². The standard InChI is InChI=1S/C9H17N3O4Si/c1-17(2,3)5-4-16-7-11-6-8(12(14)15)9(13)10-11/h6H,4-5,7H2,1-3H3,(H,10,13). The van der Waals surface area contributed by atoms with Crippen LogP contribution in [0.15, 0.2) is 6.20 Å². The fourth-order valence-corrected chi connectivity index (χ4v) is 1.89. The van der Waals surface area contributed by atoms with Crippen LogP contribution in [-0.2, 0) is 11.5 Å². The van der Waals surface area contributed by atoms with Gasteiger partial charge in [-0.05, 0) is 6.04 Å². The van der Waals surface area contributed by atoms with Crippen molar-refractivity contribution in [3.8, 4) is 5.88 Å². The summed E-state index contributed by atoms with van der Waals surface area (Å²) in [6, 6.07) is 1.02. The Balaban J connectivity index is 2.43. The number of nitro groups is 1. The van der Waals surface area contributed by atoms with Gasteiger partial charge in [-0.25, -0.2) is 4.68 Å². The van der Waals surface area contributed by atoms with Crippen LogP contribution in [0.1, 0.15) is 0 Å². The highest BCUT2D eigenvalue weighted by Gasteiger charge is 2.18. The average molecular weight is 259 g/mol. The molecule has 7 nitrogen and oxygen atoms in total. The number of nitrogens with zero attached hydrogens (tertiary/aromatic N) is 3. The lowest BCUT2D eigenvalue weighted by molar-refractivity contribution is -0.386. The zero-order valence-electron chi connectivity index (χ0n) is 10.2. The summed E-state index contributed by atoms with van der Waals surface area (Å²) in [5.41, 5.74) is -0.404. The van der Waals surface area contributed by atoms with Gasteiger partial charge in [-0.15, -0.1) is 5.10 Å². The largest absolute Gasteiger partial charge is 0.487 e. The van der Waals surface area contributed by atoms with Gasteiger partial charge in [0, 0.05) is 14.7 Å². The molecule has 1 aromatic heterocycles. The van der Waals surface area contributed by atoms with Crippen LogP contribution in [0.2, 0.25) is 25.7 Å². The van der Waals surface area contributed by atoms with Crippen molar-refractivity contribution in [2.24, 2.45) is 0 Å². The predicted molar refractivity (Wildman–Crippen MR) is 64.7 cm³/mol. The molecular weight excluding hydrogens is 242 g/mol. The van der Waals surface area contributed by atoms with E-state index < -0.39 is 24.6 Å². The minimum Gasteiger partial charge on any atom is -0.487 e. The first-order valence-electron chi connectivity index (χ1n) is 5.28. The zero-order valence-corrected chi connectivity index (χ0v) is 11.2. The third kappa shape index (κ3) is 4.53. The Morgan fingerprint density at radius 1 is 1.59 bits per heavy atom. The number of hydrogen-bond acceptors (Lipinski definition) is 5. The molecule has 17 heavy (non-hydrogen) atoms. The lowest BCUT2D eigenvalue weighted by Gasteiger charge is -2.15. The summed E-state index contributed by atoms with van der Waals surface area (Å²) < 4.78 is 6.57. The molecule has 0 unspecified atom stereocenters. The maximum Gasteiger partial charge on any atom is 0.350 e. The molecule has 0 amide bonds. The Morgan fingerprint density at radius 2 is 2.24 bits per heavy atom. The van der Waals surface area contributed by atoms with E-state index in [9.17, 15) is 10.1 Å². The lowest BCUT2D eigenvalue weighted by atomic mass is 10.6. The topological polar surface area (TPSA) is 90.4 Å². The van der Waals surface area contributed by atoms with Gasteiger partial charge in [-0.1, -0.05) is 19.6 Å². The summed E-state index contributed by atoms with van der Waals surface area (Å²) in [6.45, 7) is 7.43. The molecule has 0 saturated heterocycles. The van der Waals surface area contributed by atoms with Crippen molar-refractivity contribution in [2.45, 2.75) is 32.4 Å². The van der Waals surface area contributed by atoms with Gasteiger partial charge in [0.25, 0.3) is 0 Å². The van der Waals surface area contributed by atoms with Gasteiger partial charge in [-0.2, -0.15) is 0 Å². The molecule has 8 heteroatoms. The second kappa shape index (κ2) is 5.28. The second-order valence-corrected chi connectivity index (χ2v) is 10.6. The molecule has 0 radical (unpaired) electrons. The van der Waals surface area contributed by atoms with E-state index in [0.29, 0.717) is 6.61 Å². The third-order valence-electron chi connectivity index (χ3n) is 2.14. The van der Waals surface area contributed by atoms with Crippen LogP contribution in [-0.4, -0.2) is 34.5 Å². The van der Waals surface area contributed by atoms with Crippen molar-refractivity contribution in [2.75, 3.05) is 6.61 Å². The lowest BCUT2D eigenvalue weighted by Crippen LogP contribution is -2.22. The summed E-state index contributed by atoms with van der Waals surface area (Å²) in [5.74, 6) is -0.580. The summed E-state index contributed by atoms with van der Waals surface area (Å²) in [4.78, 5) is 9.77. The van der Waals surface area contributed by atoms with Crippen LogP contribution in [0, 0.1) is 10.1 Å². The molecular formula is C9H17N3O4Si. The Kier molecular flexibility index (Phi) is 4.24. The number of hydrogen-bond donors (Lipinski definition) is 1. The molecule has 96 valence electrons. The molecule has 0 saturated carbocycles. The smallest absolute Gasteiger partial charge is 0.350 e. The maximum absolute atomic E-state index is 10.5. The minimum absolute atomic E-state index is 0.117. The number of rotatable bonds is 6. The van der Waals surface area contributed by atoms with Crippen molar-refractivity contribution in [3.63, 3.8) is 0 Å². The first-order chi connectivity index (χ1) is 7.79. The molecule has 0 bridgehead atoms. The van der Waals surface area contributed by atoms with Gasteiger partial charge in [0.05, 0.1) is 4.92 Å². The van der Waals surface area contributed by atoms with Crippen LogP contribution in [0.5, 0.6) is 5.88 Å². The molecule has 0 aliphatic carbocycles. The molecule has 0 fully saturated rings. The highest BCUT2D eigenvalue weighted by molar-refractivity contribution is 6.76. The van der Waals surface area contributed by atoms with Gasteiger partial charge in [-0.3, -0.25) is 10.1 Å². The summed E-state index contributed by atoms with van der Waals surface area (Å²) in [5, 5.41) is 23.2. The van der Waals surface area contributed by atoms with Crippen LogP contribution in [0.25, 0.3) is 0 Å². The summed E-state index contributed by atoms with van der Waals surface area (Å²) in [7, 11) is -1.13. The normalized spacial score (nSPS) is 11.7. The fourth-order valence-electron chi connectivity index (χ4n) is 1.13. The van der Waals surface area contributed by atoms with E-state index in [1.54, 1.807) is 0 Å². The number of aromatic hydroxyl groups is 1. The number of ether oxygens (including phenoxy) is 1. The molecule has 0 aliphatic rings. The quantitative estimate of drug-likeness (QED) is 0.364. The van der Waals surface area contributed by atoms with Crippen LogP contribution in [0.3, 0.4) is 0 Å². The molecule has 0 atom stereocenters. The van der Waals surface area contributed by atoms with Gasteiger partial charge in [0.2, 0.25) is 0 Å². The SMILES string of the molecule is C[Si](C)(C)CCOCn1cc([N+](=O)[O-])c(O)n1. The van der Waals surface area contributed by atoms with E-state index in [4.69, 9.17) is 9.84 Å². The van der Waals surface area contributed by atoms with E-state index >= 15 is 0 Å². The first kappa shape index (κ1) is 13.7. The van der Waals surface area contributed by atoms with Gasteiger partial charge < -0.3 is 9.84 Å². The Labute approximate surface area is 100 Å². The highest BCUT2D eigenvalue weighted by Crippen LogP contribution is 2.22. The van der Waals surface area contributed by atoms with Crippen LogP contribution < -0.4 is 0 Å². The summed E-state index contributed by atoms with van der Waals surface area (Å²) in [6.07, 6.45) is 1.16. The van der Waals surface area contributed by atoms with E-state index in [0.717, 1.165) is 12.2 Å². The monoisotopic (exact) mass is 259 g/mol. The molecule has 1 heterocycles. The van der Waals surface area contributed by atoms with Crippen molar-refractivity contribution in [3.05, 3.63) is 16.3 Å². The Morgan fingerprint density at radius 3 is 2.71 bits per heavy atom. The van der Waals surface area contributed by atoms with E-state index in [2.05, 4.69) is 24.7 Å². The Hall–Kier alpha value is -1.41. The van der Waals surface area contributed by atoms with Crippen molar-refractivity contribution in [1.82, 2.24) is 9.78 Å². The molecule has 0 aromatic carbocycles. The molecule has 1 rings (SSSR count). The predicted octanol–water partition coefficient (Wildman–Crippen LogP) is 1.81. The van der Waals surface area contributed by atoms with E-state index in [-0.39, 0.29) is 6.73 Å². The average Bonchev–Trinajstić information content (AvgIpc) is 2.53. The van der Waals surface area contributed by atoms with E-state index in [1.165, 1.54) is 4.68 Å².